The van der Waals surface area contributed by atoms with E-state index in [1.165, 1.54) is 0 Å². The second kappa shape index (κ2) is 5.81. The van der Waals surface area contributed by atoms with E-state index in [-0.39, 0.29) is 5.97 Å². The van der Waals surface area contributed by atoms with Crippen molar-refractivity contribution in [1.82, 2.24) is 0 Å². The molecule has 0 aromatic rings. The lowest BCUT2D eigenvalue weighted by molar-refractivity contribution is -0.143. The monoisotopic (exact) mass is 168 g/mol. The summed E-state index contributed by atoms with van der Waals surface area (Å²) in [6.45, 7) is 0.586. The summed E-state index contributed by atoms with van der Waals surface area (Å²) in [7, 11) is 0. The Morgan fingerprint density at radius 1 is 1.08 bits per heavy atom. The molecule has 0 amide bonds. The lowest BCUT2D eigenvalue weighted by Gasteiger charge is -2.01. The van der Waals surface area contributed by atoms with Gasteiger partial charge in [-0.15, -0.1) is 0 Å². The third kappa shape index (κ3) is 4.16. The topological polar surface area (TPSA) is 26.3 Å². The van der Waals surface area contributed by atoms with Crippen LogP contribution in [0.2, 0.25) is 0 Å². The van der Waals surface area contributed by atoms with Crippen LogP contribution in [0, 0.1) is 0 Å². The van der Waals surface area contributed by atoms with Crippen molar-refractivity contribution >= 4 is 5.97 Å². The van der Waals surface area contributed by atoms with Gasteiger partial charge >= 0.3 is 5.97 Å². The van der Waals surface area contributed by atoms with Crippen LogP contribution in [-0.2, 0) is 9.53 Å². The highest BCUT2D eigenvalue weighted by atomic mass is 16.5. The molecular formula is C10H16O2. The minimum atomic E-state index is -0.0306. The van der Waals surface area contributed by atoms with E-state index in [2.05, 4.69) is 12.2 Å². The van der Waals surface area contributed by atoms with Crippen LogP contribution >= 0.6 is 0 Å². The molecule has 0 spiro atoms. The zero-order valence-electron chi connectivity index (χ0n) is 7.42. The normalized spacial score (nSPS) is 23.8. The summed E-state index contributed by atoms with van der Waals surface area (Å²) in [5.41, 5.74) is 0. The quantitative estimate of drug-likeness (QED) is 0.410. The number of hydrogen-bond donors (Lipinski definition) is 0. The van der Waals surface area contributed by atoms with Gasteiger partial charge in [0.15, 0.2) is 0 Å². The van der Waals surface area contributed by atoms with E-state index >= 15 is 0 Å². The molecule has 2 heteroatoms. The van der Waals surface area contributed by atoms with E-state index < -0.39 is 0 Å². The largest absolute Gasteiger partial charge is 0.466 e. The number of carbonyl (C=O) groups is 1. The van der Waals surface area contributed by atoms with Crippen molar-refractivity contribution in [3.05, 3.63) is 12.2 Å². The molecule has 1 heterocycles. The second-order valence-corrected chi connectivity index (χ2v) is 3.08. The highest BCUT2D eigenvalue weighted by Crippen LogP contribution is 2.05. The minimum Gasteiger partial charge on any atom is -0.466 e. The molecule has 0 bridgehead atoms. The summed E-state index contributed by atoms with van der Waals surface area (Å²) in [4.78, 5) is 11.0. The van der Waals surface area contributed by atoms with Gasteiger partial charge in [-0.1, -0.05) is 12.2 Å². The van der Waals surface area contributed by atoms with Crippen molar-refractivity contribution < 1.29 is 9.53 Å². The van der Waals surface area contributed by atoms with E-state index in [0.29, 0.717) is 13.0 Å². The highest BCUT2D eigenvalue weighted by Gasteiger charge is 2.01. The van der Waals surface area contributed by atoms with Gasteiger partial charge in [0.25, 0.3) is 0 Å². The number of rotatable bonds is 0. The van der Waals surface area contributed by atoms with Gasteiger partial charge in [-0.25, -0.2) is 0 Å². The summed E-state index contributed by atoms with van der Waals surface area (Å²) in [6.07, 6.45) is 10.1. The predicted octanol–water partition coefficient (Wildman–Crippen LogP) is 2.44. The van der Waals surface area contributed by atoms with Crippen LogP contribution in [-0.4, -0.2) is 12.6 Å². The molecule has 2 nitrogen and oxygen atoms in total. The number of hydrogen-bond acceptors (Lipinski definition) is 2. The molecule has 0 fully saturated rings. The highest BCUT2D eigenvalue weighted by molar-refractivity contribution is 5.69. The van der Waals surface area contributed by atoms with Gasteiger partial charge in [-0.2, -0.15) is 0 Å². The maximum absolute atomic E-state index is 11.0. The van der Waals surface area contributed by atoms with E-state index in [9.17, 15) is 4.79 Å². The fourth-order valence-corrected chi connectivity index (χ4v) is 1.23. The number of ether oxygens (including phenoxy) is 1. The Hall–Kier alpha value is -0.790. The molecule has 0 aliphatic carbocycles. The number of allylic oxidation sites excluding steroid dienone is 2. The average Bonchev–Trinajstić information content (AvgIpc) is 2.11. The Labute approximate surface area is 73.6 Å². The minimum absolute atomic E-state index is 0.0306. The Morgan fingerprint density at radius 2 is 1.83 bits per heavy atom. The van der Waals surface area contributed by atoms with Crippen LogP contribution in [0.1, 0.15) is 38.5 Å². The maximum Gasteiger partial charge on any atom is 0.305 e. The van der Waals surface area contributed by atoms with Crippen molar-refractivity contribution in [3.63, 3.8) is 0 Å². The summed E-state index contributed by atoms with van der Waals surface area (Å²) >= 11 is 0. The van der Waals surface area contributed by atoms with Crippen LogP contribution < -0.4 is 0 Å². The molecule has 1 aliphatic heterocycles. The third-order valence-electron chi connectivity index (χ3n) is 1.95. The molecular weight excluding hydrogens is 152 g/mol. The predicted molar refractivity (Wildman–Crippen MR) is 47.8 cm³/mol. The van der Waals surface area contributed by atoms with Crippen LogP contribution in [0.15, 0.2) is 12.2 Å². The summed E-state index contributed by atoms with van der Waals surface area (Å²) < 4.78 is 5.00. The van der Waals surface area contributed by atoms with Crippen LogP contribution in [0.4, 0.5) is 0 Å². The van der Waals surface area contributed by atoms with Crippen LogP contribution in [0.5, 0.6) is 0 Å². The molecule has 0 N–H and O–H groups in total. The molecule has 1 rings (SSSR count). The smallest absolute Gasteiger partial charge is 0.305 e. The molecule has 0 unspecified atom stereocenters. The van der Waals surface area contributed by atoms with E-state index in [1.54, 1.807) is 0 Å². The van der Waals surface area contributed by atoms with Gasteiger partial charge in [-0.3, -0.25) is 4.79 Å². The first kappa shape index (κ1) is 9.30. The molecule has 1 aliphatic rings. The number of esters is 1. The maximum atomic E-state index is 11.0. The van der Waals surface area contributed by atoms with Crippen molar-refractivity contribution in [2.75, 3.05) is 6.61 Å². The summed E-state index contributed by atoms with van der Waals surface area (Å²) in [5.74, 6) is -0.0306. The van der Waals surface area contributed by atoms with Gasteiger partial charge < -0.3 is 4.74 Å². The summed E-state index contributed by atoms with van der Waals surface area (Å²) in [5, 5.41) is 0. The summed E-state index contributed by atoms with van der Waals surface area (Å²) in [6, 6.07) is 0. The zero-order valence-corrected chi connectivity index (χ0v) is 7.42. The van der Waals surface area contributed by atoms with E-state index in [0.717, 1.165) is 32.1 Å². The van der Waals surface area contributed by atoms with E-state index in [4.69, 9.17) is 4.74 Å². The first-order valence-corrected chi connectivity index (χ1v) is 4.70. The van der Waals surface area contributed by atoms with Crippen molar-refractivity contribution in [1.29, 1.82) is 0 Å². The number of carbonyl (C=O) groups excluding carboxylic acids is 1. The lowest BCUT2D eigenvalue weighted by Crippen LogP contribution is -2.04. The second-order valence-electron chi connectivity index (χ2n) is 3.08. The molecule has 0 radical (unpaired) electrons. The third-order valence-corrected chi connectivity index (χ3v) is 1.95. The first-order valence-electron chi connectivity index (χ1n) is 4.70. The Balaban J connectivity index is 2.25. The number of cyclic esters (lactones) is 1. The zero-order chi connectivity index (χ0) is 8.65. The van der Waals surface area contributed by atoms with Crippen LogP contribution in [0.3, 0.4) is 0 Å². The van der Waals surface area contributed by atoms with E-state index in [1.807, 2.05) is 0 Å². The molecule has 68 valence electrons. The van der Waals surface area contributed by atoms with Crippen molar-refractivity contribution in [2.24, 2.45) is 0 Å². The Bertz CT molecular complexity index is 145. The van der Waals surface area contributed by atoms with Gasteiger partial charge in [0.05, 0.1) is 6.61 Å². The Morgan fingerprint density at radius 3 is 2.67 bits per heavy atom. The Kier molecular flexibility index (Phi) is 4.50. The van der Waals surface area contributed by atoms with Crippen LogP contribution in [0.25, 0.3) is 0 Å². The van der Waals surface area contributed by atoms with Crippen molar-refractivity contribution in [3.8, 4) is 0 Å². The molecule has 0 saturated carbocycles. The molecule has 0 atom stereocenters. The molecule has 0 saturated heterocycles. The fourth-order valence-electron chi connectivity index (χ4n) is 1.23. The van der Waals surface area contributed by atoms with Gasteiger partial charge in [0, 0.05) is 6.42 Å². The fraction of sp³-hybridized carbons (Fsp3) is 0.700. The molecule has 0 aromatic carbocycles. The lowest BCUT2D eigenvalue weighted by atomic mass is 10.2. The molecule has 12 heavy (non-hydrogen) atoms. The molecule has 0 aromatic heterocycles. The standard InChI is InChI=1S/C10H16O2/c11-10-8-6-4-2-1-3-5-7-9-12-10/h1,3H,2,4-9H2/b3-1-. The van der Waals surface area contributed by atoms with Gasteiger partial charge in [0.2, 0.25) is 0 Å². The van der Waals surface area contributed by atoms with Crippen molar-refractivity contribution in [2.45, 2.75) is 38.5 Å². The first-order chi connectivity index (χ1) is 5.89. The van der Waals surface area contributed by atoms with Gasteiger partial charge in [-0.05, 0) is 32.1 Å². The SMILES string of the molecule is O=C1CCCC/C=C\CCCO1. The van der Waals surface area contributed by atoms with Gasteiger partial charge in [0.1, 0.15) is 0 Å². The average molecular weight is 168 g/mol.